The van der Waals surface area contributed by atoms with Crippen LogP contribution in [0.15, 0.2) is 164 Å². The summed E-state index contributed by atoms with van der Waals surface area (Å²) in [6.07, 6.45) is 0. The smallest absolute Gasteiger partial charge is 0.164 e. The van der Waals surface area contributed by atoms with Gasteiger partial charge < -0.3 is 0 Å². The van der Waals surface area contributed by atoms with Crippen molar-refractivity contribution in [1.82, 2.24) is 15.0 Å². The Balaban J connectivity index is 1.13. The van der Waals surface area contributed by atoms with E-state index in [4.69, 9.17) is 15.0 Å². The molecule has 0 bridgehead atoms. The molecule has 5 heteroatoms. The van der Waals surface area contributed by atoms with Crippen molar-refractivity contribution in [1.29, 1.82) is 0 Å². The number of aromatic nitrogens is 3. The highest BCUT2D eigenvalue weighted by molar-refractivity contribution is 7.26. The van der Waals surface area contributed by atoms with E-state index in [-0.39, 0.29) is 0 Å². The van der Waals surface area contributed by atoms with Crippen LogP contribution in [0, 0.1) is 0 Å². The van der Waals surface area contributed by atoms with Crippen LogP contribution in [0.1, 0.15) is 0 Å². The minimum Gasteiger partial charge on any atom is -0.208 e. The molecule has 0 spiro atoms. The van der Waals surface area contributed by atoms with E-state index in [1.165, 1.54) is 51.5 Å². The van der Waals surface area contributed by atoms with Crippen LogP contribution < -0.4 is 0 Å². The number of rotatable bonds is 5. The molecule has 0 unspecified atom stereocenters. The Labute approximate surface area is 296 Å². The molecule has 7 aromatic carbocycles. The van der Waals surface area contributed by atoms with Gasteiger partial charge in [0.25, 0.3) is 0 Å². The summed E-state index contributed by atoms with van der Waals surface area (Å²) in [7, 11) is 0. The zero-order chi connectivity index (χ0) is 33.0. The summed E-state index contributed by atoms with van der Waals surface area (Å²) in [4.78, 5) is 15.4. The molecule has 0 aliphatic heterocycles. The van der Waals surface area contributed by atoms with Gasteiger partial charge in [0.1, 0.15) is 0 Å². The van der Waals surface area contributed by atoms with E-state index in [0.29, 0.717) is 17.5 Å². The Morgan fingerprint density at radius 3 is 1.40 bits per heavy atom. The van der Waals surface area contributed by atoms with Gasteiger partial charge in [0.05, 0.1) is 0 Å². The van der Waals surface area contributed by atoms with Gasteiger partial charge >= 0.3 is 0 Å². The van der Waals surface area contributed by atoms with Crippen LogP contribution >= 0.6 is 22.7 Å². The van der Waals surface area contributed by atoms with Crippen molar-refractivity contribution in [3.63, 3.8) is 0 Å². The zero-order valence-corrected chi connectivity index (χ0v) is 28.4. The number of benzene rings is 7. The van der Waals surface area contributed by atoms with Gasteiger partial charge in [0, 0.05) is 57.0 Å². The first-order chi connectivity index (χ1) is 24.7. The minimum atomic E-state index is 0.651. The fourth-order valence-electron chi connectivity index (χ4n) is 6.84. The van der Waals surface area contributed by atoms with Gasteiger partial charge in [-0.25, -0.2) is 15.0 Å². The molecular formula is C45H27N3S2. The third kappa shape index (κ3) is 5.07. The summed E-state index contributed by atoms with van der Waals surface area (Å²) in [5, 5.41) is 5.01. The number of nitrogens with zero attached hydrogens (tertiary/aromatic N) is 3. The summed E-state index contributed by atoms with van der Waals surface area (Å²) in [6.45, 7) is 0. The molecule has 0 amide bonds. The largest absolute Gasteiger partial charge is 0.208 e. The second-order valence-corrected chi connectivity index (χ2v) is 14.6. The normalized spacial score (nSPS) is 11.6. The molecule has 3 heterocycles. The molecule has 0 aliphatic rings. The van der Waals surface area contributed by atoms with Crippen LogP contribution in [0.2, 0.25) is 0 Å². The van der Waals surface area contributed by atoms with E-state index in [1.807, 2.05) is 11.3 Å². The molecule has 0 atom stereocenters. The molecule has 50 heavy (non-hydrogen) atoms. The third-order valence-corrected chi connectivity index (χ3v) is 11.6. The van der Waals surface area contributed by atoms with Gasteiger partial charge in [-0.15, -0.1) is 22.7 Å². The van der Waals surface area contributed by atoms with E-state index in [1.54, 1.807) is 11.3 Å². The first-order valence-corrected chi connectivity index (χ1v) is 18.2. The summed E-state index contributed by atoms with van der Waals surface area (Å²) >= 11 is 3.62. The lowest BCUT2D eigenvalue weighted by Crippen LogP contribution is -2.00. The standard InChI is InChI=1S/C45H27N3S2/c1-2-10-28(11-3-1)29-12-8-13-30(24-29)31-14-9-15-32(25-31)43-46-44(33-21-23-41-38(26-33)36-17-5-7-19-40(36)49-41)48-45(47-43)34-20-22-37-35-16-4-6-18-39(35)50-42(37)27-34/h1-27H. The highest BCUT2D eigenvalue weighted by Gasteiger charge is 2.16. The van der Waals surface area contributed by atoms with E-state index < -0.39 is 0 Å². The SMILES string of the molecule is c1ccc(-c2cccc(-c3cccc(-c4nc(-c5ccc6c(c5)sc5ccccc56)nc(-c5ccc6sc7ccccc7c6c5)n4)c3)c2)cc1. The maximum absolute atomic E-state index is 5.15. The predicted molar refractivity (Wildman–Crippen MR) is 213 cm³/mol. The molecule has 10 rings (SSSR count). The molecule has 0 saturated heterocycles. The molecule has 0 radical (unpaired) electrons. The zero-order valence-electron chi connectivity index (χ0n) is 26.7. The first kappa shape index (κ1) is 29.0. The van der Waals surface area contributed by atoms with Gasteiger partial charge in [-0.05, 0) is 70.8 Å². The van der Waals surface area contributed by atoms with Crippen molar-refractivity contribution in [3.8, 4) is 56.4 Å². The van der Waals surface area contributed by atoms with Crippen molar-refractivity contribution in [2.45, 2.75) is 0 Å². The molecule has 3 nitrogen and oxygen atoms in total. The van der Waals surface area contributed by atoms with Crippen molar-refractivity contribution >= 4 is 63.0 Å². The predicted octanol–water partition coefficient (Wildman–Crippen LogP) is 12.9. The summed E-state index contributed by atoms with van der Waals surface area (Å²) in [5.41, 5.74) is 7.54. The number of thiophene rings is 2. The van der Waals surface area contributed by atoms with Crippen LogP contribution in [0.25, 0.3) is 96.8 Å². The quantitative estimate of drug-likeness (QED) is 0.182. The molecule has 0 aliphatic carbocycles. The highest BCUT2D eigenvalue weighted by Crippen LogP contribution is 2.38. The van der Waals surface area contributed by atoms with Gasteiger partial charge in [-0.2, -0.15) is 0 Å². The monoisotopic (exact) mass is 673 g/mol. The van der Waals surface area contributed by atoms with Crippen molar-refractivity contribution in [2.24, 2.45) is 0 Å². The second-order valence-electron chi connectivity index (χ2n) is 12.5. The van der Waals surface area contributed by atoms with E-state index in [0.717, 1.165) is 27.8 Å². The molecular weight excluding hydrogens is 647 g/mol. The Morgan fingerprint density at radius 1 is 0.260 bits per heavy atom. The Kier molecular flexibility index (Phi) is 6.86. The van der Waals surface area contributed by atoms with Crippen LogP contribution in [0.4, 0.5) is 0 Å². The molecule has 0 N–H and O–H groups in total. The summed E-state index contributed by atoms with van der Waals surface area (Å²) < 4.78 is 5.03. The van der Waals surface area contributed by atoms with Gasteiger partial charge in [-0.3, -0.25) is 0 Å². The van der Waals surface area contributed by atoms with Crippen LogP contribution in [-0.2, 0) is 0 Å². The average Bonchev–Trinajstić information content (AvgIpc) is 3.76. The van der Waals surface area contributed by atoms with Crippen LogP contribution in [0.3, 0.4) is 0 Å². The summed E-state index contributed by atoms with van der Waals surface area (Å²) in [5.74, 6) is 1.98. The Bertz CT molecular complexity index is 2890. The maximum Gasteiger partial charge on any atom is 0.164 e. The van der Waals surface area contributed by atoms with E-state index in [2.05, 4.69) is 164 Å². The highest BCUT2D eigenvalue weighted by atomic mass is 32.1. The van der Waals surface area contributed by atoms with E-state index in [9.17, 15) is 0 Å². The topological polar surface area (TPSA) is 38.7 Å². The Hall–Kier alpha value is -6.01. The van der Waals surface area contributed by atoms with Gasteiger partial charge in [0.2, 0.25) is 0 Å². The lowest BCUT2D eigenvalue weighted by atomic mass is 9.98. The average molecular weight is 674 g/mol. The fraction of sp³-hybridized carbons (Fsp3) is 0. The summed E-state index contributed by atoms with van der Waals surface area (Å²) in [6, 6.07) is 58.1. The number of hydrogen-bond donors (Lipinski definition) is 0. The second kappa shape index (κ2) is 11.8. The molecule has 0 saturated carbocycles. The first-order valence-electron chi connectivity index (χ1n) is 16.6. The van der Waals surface area contributed by atoms with Crippen molar-refractivity contribution in [3.05, 3.63) is 164 Å². The third-order valence-electron chi connectivity index (χ3n) is 9.33. The molecule has 10 aromatic rings. The van der Waals surface area contributed by atoms with Crippen LogP contribution in [-0.4, -0.2) is 15.0 Å². The fourth-order valence-corrected chi connectivity index (χ4v) is 9.07. The lowest BCUT2D eigenvalue weighted by Gasteiger charge is -2.11. The maximum atomic E-state index is 5.15. The molecule has 3 aromatic heterocycles. The van der Waals surface area contributed by atoms with E-state index >= 15 is 0 Å². The Morgan fingerprint density at radius 2 is 0.700 bits per heavy atom. The van der Waals surface area contributed by atoms with Crippen molar-refractivity contribution in [2.75, 3.05) is 0 Å². The van der Waals surface area contributed by atoms with Gasteiger partial charge in [-0.1, -0.05) is 115 Å². The molecule has 234 valence electrons. The van der Waals surface area contributed by atoms with Crippen LogP contribution in [0.5, 0.6) is 0 Å². The minimum absolute atomic E-state index is 0.651. The van der Waals surface area contributed by atoms with Crippen molar-refractivity contribution < 1.29 is 0 Å². The molecule has 0 fully saturated rings. The number of hydrogen-bond acceptors (Lipinski definition) is 5. The van der Waals surface area contributed by atoms with Gasteiger partial charge in [0.15, 0.2) is 17.5 Å². The number of fused-ring (bicyclic) bond motifs is 6. The lowest BCUT2D eigenvalue weighted by molar-refractivity contribution is 1.08.